The largest absolute Gasteiger partial charge is 0.493 e. The molecule has 6 nitrogen and oxygen atoms in total. The lowest BCUT2D eigenvalue weighted by atomic mass is 10.2. The number of hydrogen-bond donors (Lipinski definition) is 1. The Morgan fingerprint density at radius 2 is 1.88 bits per heavy atom. The van der Waals surface area contributed by atoms with Crippen LogP contribution in [0.1, 0.15) is 11.1 Å². The summed E-state index contributed by atoms with van der Waals surface area (Å²) in [4.78, 5) is 0. The molecule has 0 amide bonds. The second-order valence-corrected chi connectivity index (χ2v) is 5.42. The Morgan fingerprint density at radius 3 is 2.62 bits per heavy atom. The van der Waals surface area contributed by atoms with Gasteiger partial charge in [0.15, 0.2) is 23.0 Å². The van der Waals surface area contributed by atoms with Crippen LogP contribution in [0, 0.1) is 0 Å². The third-order valence-corrected chi connectivity index (χ3v) is 3.85. The number of halogens is 1. The van der Waals surface area contributed by atoms with E-state index in [9.17, 15) is 0 Å². The van der Waals surface area contributed by atoms with Gasteiger partial charge < -0.3 is 24.4 Å². The van der Waals surface area contributed by atoms with E-state index in [4.69, 9.17) is 30.5 Å². The van der Waals surface area contributed by atoms with Crippen LogP contribution >= 0.6 is 11.6 Å². The second kappa shape index (κ2) is 7.31. The summed E-state index contributed by atoms with van der Waals surface area (Å²) >= 11 is 6.19. The highest BCUT2D eigenvalue weighted by Crippen LogP contribution is 2.36. The van der Waals surface area contributed by atoms with Crippen LogP contribution in [0.3, 0.4) is 0 Å². The highest BCUT2D eigenvalue weighted by atomic mass is 35.5. The minimum Gasteiger partial charge on any atom is -0.493 e. The number of rotatable bonds is 6. The fraction of sp³-hybridized carbons (Fsp3) is 0.235. The Kier molecular flexibility index (Phi) is 4.96. The van der Waals surface area contributed by atoms with Crippen LogP contribution < -0.4 is 24.4 Å². The van der Waals surface area contributed by atoms with E-state index in [1.807, 2.05) is 18.2 Å². The summed E-state index contributed by atoms with van der Waals surface area (Å²) in [6.07, 6.45) is 1.64. The van der Waals surface area contributed by atoms with Gasteiger partial charge in [0.05, 0.1) is 32.0 Å². The zero-order chi connectivity index (χ0) is 16.9. The molecule has 3 rings (SSSR count). The molecule has 1 N–H and O–H groups in total. The van der Waals surface area contributed by atoms with Crippen LogP contribution in [-0.2, 0) is 6.54 Å². The highest BCUT2D eigenvalue weighted by molar-refractivity contribution is 6.33. The summed E-state index contributed by atoms with van der Waals surface area (Å²) in [5, 5.41) is 4.75. The van der Waals surface area contributed by atoms with Crippen LogP contribution in [0.15, 0.2) is 35.4 Å². The van der Waals surface area contributed by atoms with Crippen molar-refractivity contribution < 1.29 is 18.9 Å². The lowest BCUT2D eigenvalue weighted by Gasteiger charge is -2.09. The van der Waals surface area contributed by atoms with Gasteiger partial charge in [0, 0.05) is 11.6 Å². The number of benzene rings is 2. The summed E-state index contributed by atoms with van der Waals surface area (Å²) in [5.74, 6) is 2.69. The van der Waals surface area contributed by atoms with Crippen LogP contribution in [0.5, 0.6) is 23.0 Å². The van der Waals surface area contributed by atoms with Crippen molar-refractivity contribution in [3.63, 3.8) is 0 Å². The average molecular weight is 349 g/mol. The Morgan fingerprint density at radius 1 is 1.12 bits per heavy atom. The first-order valence-electron chi connectivity index (χ1n) is 7.27. The van der Waals surface area contributed by atoms with Gasteiger partial charge in [0.25, 0.3) is 0 Å². The number of hydrogen-bond acceptors (Lipinski definition) is 6. The van der Waals surface area contributed by atoms with Crippen LogP contribution in [-0.4, -0.2) is 27.2 Å². The molecule has 0 aliphatic carbocycles. The van der Waals surface area contributed by atoms with Gasteiger partial charge in [-0.25, -0.2) is 0 Å². The standard InChI is InChI=1S/C17H17ClN2O4/c1-21-14-4-3-11(5-15(14)22-2)8-19-20-9-12-6-16-17(7-13(12)18)24-10-23-16/h3-7,9,19H,8,10H2,1-2H3/b20-9-. The lowest BCUT2D eigenvalue weighted by molar-refractivity contribution is 0.174. The number of nitrogens with zero attached hydrogens (tertiary/aromatic N) is 1. The molecule has 0 bridgehead atoms. The molecular weight excluding hydrogens is 332 g/mol. The first-order chi connectivity index (χ1) is 11.7. The van der Waals surface area contributed by atoms with Gasteiger partial charge >= 0.3 is 0 Å². The van der Waals surface area contributed by atoms with Crippen molar-refractivity contribution in [3.8, 4) is 23.0 Å². The number of ether oxygens (including phenoxy) is 4. The van der Waals surface area contributed by atoms with E-state index in [0.717, 1.165) is 11.1 Å². The molecule has 7 heteroatoms. The van der Waals surface area contributed by atoms with Crippen molar-refractivity contribution in [1.82, 2.24) is 5.43 Å². The number of hydrazone groups is 1. The molecule has 0 fully saturated rings. The van der Waals surface area contributed by atoms with Crippen LogP contribution in [0.2, 0.25) is 5.02 Å². The van der Waals surface area contributed by atoms with E-state index < -0.39 is 0 Å². The van der Waals surface area contributed by atoms with E-state index in [-0.39, 0.29) is 6.79 Å². The van der Waals surface area contributed by atoms with E-state index in [1.54, 1.807) is 32.6 Å². The average Bonchev–Trinajstić information content (AvgIpc) is 3.05. The number of nitrogens with one attached hydrogen (secondary N) is 1. The molecule has 0 spiro atoms. The Hall–Kier alpha value is -2.60. The Labute approximate surface area is 144 Å². The van der Waals surface area contributed by atoms with Gasteiger partial charge in [-0.3, -0.25) is 0 Å². The molecule has 0 saturated carbocycles. The molecule has 1 aliphatic heterocycles. The van der Waals surface area contributed by atoms with E-state index >= 15 is 0 Å². The van der Waals surface area contributed by atoms with Gasteiger partial charge in [-0.2, -0.15) is 5.10 Å². The molecule has 1 heterocycles. The van der Waals surface area contributed by atoms with E-state index in [2.05, 4.69) is 10.5 Å². The smallest absolute Gasteiger partial charge is 0.231 e. The summed E-state index contributed by atoms with van der Waals surface area (Å²) in [6.45, 7) is 0.753. The third-order valence-electron chi connectivity index (χ3n) is 3.52. The maximum absolute atomic E-state index is 6.19. The fourth-order valence-electron chi connectivity index (χ4n) is 2.27. The summed E-state index contributed by atoms with van der Waals surface area (Å²) in [7, 11) is 3.21. The third kappa shape index (κ3) is 3.49. The normalized spacial score (nSPS) is 12.5. The minimum absolute atomic E-state index is 0.212. The van der Waals surface area contributed by atoms with Gasteiger partial charge in [0.1, 0.15) is 0 Å². The van der Waals surface area contributed by atoms with Crippen LogP contribution in [0.4, 0.5) is 0 Å². The minimum atomic E-state index is 0.212. The molecule has 0 aromatic heterocycles. The van der Waals surface area contributed by atoms with E-state index in [1.165, 1.54) is 0 Å². The summed E-state index contributed by atoms with van der Waals surface area (Å²) < 4.78 is 21.1. The molecule has 2 aromatic carbocycles. The molecule has 0 atom stereocenters. The van der Waals surface area contributed by atoms with Gasteiger partial charge in [-0.05, 0) is 23.8 Å². The molecule has 24 heavy (non-hydrogen) atoms. The van der Waals surface area contributed by atoms with Crippen molar-refractivity contribution in [2.45, 2.75) is 6.54 Å². The van der Waals surface area contributed by atoms with Gasteiger partial charge in [0.2, 0.25) is 6.79 Å². The van der Waals surface area contributed by atoms with Crippen molar-refractivity contribution in [1.29, 1.82) is 0 Å². The zero-order valence-electron chi connectivity index (χ0n) is 13.3. The van der Waals surface area contributed by atoms with Crippen molar-refractivity contribution >= 4 is 17.8 Å². The van der Waals surface area contributed by atoms with Gasteiger partial charge in [-0.1, -0.05) is 17.7 Å². The molecule has 0 unspecified atom stereocenters. The quantitative estimate of drug-likeness (QED) is 0.641. The highest BCUT2D eigenvalue weighted by Gasteiger charge is 2.15. The van der Waals surface area contributed by atoms with Crippen LogP contribution in [0.25, 0.3) is 0 Å². The first-order valence-corrected chi connectivity index (χ1v) is 7.65. The molecule has 0 saturated heterocycles. The lowest BCUT2D eigenvalue weighted by Crippen LogP contribution is -2.06. The van der Waals surface area contributed by atoms with Crippen molar-refractivity contribution in [3.05, 3.63) is 46.5 Å². The Bertz CT molecular complexity index is 764. The molecule has 126 valence electrons. The van der Waals surface area contributed by atoms with Gasteiger partial charge in [-0.15, -0.1) is 0 Å². The summed E-state index contributed by atoms with van der Waals surface area (Å²) in [6, 6.07) is 9.21. The number of methoxy groups -OCH3 is 2. The predicted octanol–water partition coefficient (Wildman–Crippen LogP) is 3.21. The molecule has 0 radical (unpaired) electrons. The molecular formula is C17H17ClN2O4. The predicted molar refractivity (Wildman–Crippen MR) is 91.6 cm³/mol. The first kappa shape index (κ1) is 16.3. The Balaban J connectivity index is 1.63. The monoisotopic (exact) mass is 348 g/mol. The SMILES string of the molecule is COc1ccc(CN/N=C\c2cc3c(cc2Cl)OCO3)cc1OC. The topological polar surface area (TPSA) is 61.3 Å². The second-order valence-electron chi connectivity index (χ2n) is 5.01. The van der Waals surface area contributed by atoms with E-state index in [0.29, 0.717) is 34.6 Å². The van der Waals surface area contributed by atoms with Crippen molar-refractivity contribution in [2.75, 3.05) is 21.0 Å². The molecule has 1 aliphatic rings. The van der Waals surface area contributed by atoms with Crippen molar-refractivity contribution in [2.24, 2.45) is 5.10 Å². The maximum Gasteiger partial charge on any atom is 0.231 e. The number of fused-ring (bicyclic) bond motifs is 1. The zero-order valence-corrected chi connectivity index (χ0v) is 14.1. The maximum atomic E-state index is 6.19. The summed E-state index contributed by atoms with van der Waals surface area (Å²) in [5.41, 5.74) is 4.74. The fourth-order valence-corrected chi connectivity index (χ4v) is 2.48. The molecule has 2 aromatic rings.